The Labute approximate surface area is 159 Å². The number of amides is 1. The zero-order valence-electron chi connectivity index (χ0n) is 16.5. The first kappa shape index (κ1) is 19.2. The van der Waals surface area contributed by atoms with E-state index in [4.69, 9.17) is 0 Å². The second kappa shape index (κ2) is 8.00. The molecule has 144 valence electrons. The summed E-state index contributed by atoms with van der Waals surface area (Å²) in [6, 6.07) is 5.67. The van der Waals surface area contributed by atoms with Crippen LogP contribution in [0.5, 0.6) is 0 Å². The molecule has 1 aliphatic heterocycles. The van der Waals surface area contributed by atoms with Gasteiger partial charge < -0.3 is 4.90 Å². The third-order valence-corrected chi connectivity index (χ3v) is 5.08. The van der Waals surface area contributed by atoms with Gasteiger partial charge in [-0.15, -0.1) is 0 Å². The van der Waals surface area contributed by atoms with Gasteiger partial charge in [-0.25, -0.2) is 4.98 Å². The summed E-state index contributed by atoms with van der Waals surface area (Å²) in [5.41, 5.74) is 2.22. The third-order valence-electron chi connectivity index (χ3n) is 5.08. The predicted octanol–water partition coefficient (Wildman–Crippen LogP) is 1.70. The molecule has 1 aliphatic rings. The summed E-state index contributed by atoms with van der Waals surface area (Å²) in [7, 11) is 2.01. The average molecular weight is 369 g/mol. The van der Waals surface area contributed by atoms with Crippen molar-refractivity contribution in [2.75, 3.05) is 13.6 Å². The highest BCUT2D eigenvalue weighted by atomic mass is 16.2. The molecule has 1 amide bonds. The van der Waals surface area contributed by atoms with Crippen LogP contribution in [0.3, 0.4) is 0 Å². The van der Waals surface area contributed by atoms with E-state index in [-0.39, 0.29) is 11.5 Å². The Bertz CT molecular complexity index is 873. The Morgan fingerprint density at radius 1 is 1.26 bits per heavy atom. The van der Waals surface area contributed by atoms with Crippen molar-refractivity contribution in [1.29, 1.82) is 0 Å². The molecule has 3 heterocycles. The minimum Gasteiger partial charge on any atom is -0.329 e. The summed E-state index contributed by atoms with van der Waals surface area (Å²) in [5, 5.41) is 0. The van der Waals surface area contributed by atoms with Crippen molar-refractivity contribution in [3.63, 3.8) is 0 Å². The maximum atomic E-state index is 12.8. The van der Waals surface area contributed by atoms with Crippen LogP contribution in [0.25, 0.3) is 0 Å². The van der Waals surface area contributed by atoms with E-state index < -0.39 is 0 Å². The van der Waals surface area contributed by atoms with Crippen LogP contribution in [0.1, 0.15) is 48.3 Å². The van der Waals surface area contributed by atoms with Crippen LogP contribution in [0.2, 0.25) is 0 Å². The van der Waals surface area contributed by atoms with Gasteiger partial charge >= 0.3 is 0 Å². The largest absolute Gasteiger partial charge is 0.329 e. The number of aryl methyl sites for hydroxylation is 1. The molecule has 7 heteroatoms. The number of rotatable bonds is 5. The maximum absolute atomic E-state index is 12.8. The number of nitrogens with zero attached hydrogens (tertiary/aromatic N) is 5. The third kappa shape index (κ3) is 4.24. The van der Waals surface area contributed by atoms with Gasteiger partial charge in [0.15, 0.2) is 0 Å². The Hall–Kier alpha value is -2.54. The second-order valence-corrected chi connectivity index (χ2v) is 7.28. The first-order valence-electron chi connectivity index (χ1n) is 9.43. The van der Waals surface area contributed by atoms with Gasteiger partial charge in [0.1, 0.15) is 5.82 Å². The average Bonchev–Trinajstić information content (AvgIpc) is 2.67. The van der Waals surface area contributed by atoms with Gasteiger partial charge in [0, 0.05) is 43.6 Å². The lowest BCUT2D eigenvalue weighted by Crippen LogP contribution is -2.43. The molecule has 3 rings (SSSR count). The smallest absolute Gasteiger partial charge is 0.255 e. The summed E-state index contributed by atoms with van der Waals surface area (Å²) in [4.78, 5) is 38.1. The number of carbonyl (C=O) groups is 1. The highest BCUT2D eigenvalue weighted by Crippen LogP contribution is 2.14. The molecule has 0 saturated carbocycles. The molecular formula is C20H27N5O2. The SMILES string of the molecule is CCc1ccc(C(=O)N2CCn3c(nc(CN(C)C(C)C)cc3=O)C2)cn1. The van der Waals surface area contributed by atoms with Crippen LogP contribution in [0.4, 0.5) is 0 Å². The number of pyridine rings is 1. The van der Waals surface area contributed by atoms with Crippen LogP contribution < -0.4 is 5.56 Å². The fourth-order valence-corrected chi connectivity index (χ4v) is 3.07. The zero-order chi connectivity index (χ0) is 19.6. The van der Waals surface area contributed by atoms with Crippen LogP contribution in [0, 0.1) is 0 Å². The van der Waals surface area contributed by atoms with Gasteiger partial charge in [0.05, 0.1) is 17.8 Å². The first-order chi connectivity index (χ1) is 12.9. The number of carbonyl (C=O) groups excluding carboxylic acids is 1. The van der Waals surface area contributed by atoms with Gasteiger partial charge in [-0.1, -0.05) is 6.92 Å². The lowest BCUT2D eigenvalue weighted by Gasteiger charge is -2.29. The Morgan fingerprint density at radius 2 is 2.04 bits per heavy atom. The monoisotopic (exact) mass is 369 g/mol. The molecule has 0 aromatic carbocycles. The van der Waals surface area contributed by atoms with E-state index in [0.29, 0.717) is 43.6 Å². The number of hydrogen-bond donors (Lipinski definition) is 0. The Balaban J connectivity index is 1.80. The van der Waals surface area contributed by atoms with Crippen molar-refractivity contribution in [1.82, 2.24) is 24.3 Å². The summed E-state index contributed by atoms with van der Waals surface area (Å²) in [6.45, 7) is 8.14. The molecule has 0 spiro atoms. The molecule has 0 atom stereocenters. The van der Waals surface area contributed by atoms with Gasteiger partial charge in [-0.2, -0.15) is 0 Å². The standard InChI is InChI=1S/C20H27N5O2/c1-5-16-7-6-15(11-21-16)20(27)24-8-9-25-18(13-24)22-17(10-19(25)26)12-23(4)14(2)3/h6-7,10-11,14H,5,8-9,12-13H2,1-4H3. The van der Waals surface area contributed by atoms with Crippen molar-refractivity contribution < 1.29 is 4.79 Å². The van der Waals surface area contributed by atoms with Gasteiger partial charge in [0.25, 0.3) is 11.5 Å². The van der Waals surface area contributed by atoms with E-state index in [1.54, 1.807) is 21.7 Å². The molecule has 2 aromatic rings. The van der Waals surface area contributed by atoms with Crippen molar-refractivity contribution >= 4 is 5.91 Å². The molecule has 2 aromatic heterocycles. The van der Waals surface area contributed by atoms with E-state index in [0.717, 1.165) is 17.8 Å². The second-order valence-electron chi connectivity index (χ2n) is 7.28. The lowest BCUT2D eigenvalue weighted by atomic mass is 10.2. The molecule has 27 heavy (non-hydrogen) atoms. The highest BCUT2D eigenvalue weighted by molar-refractivity contribution is 5.93. The molecule has 0 aliphatic carbocycles. The van der Waals surface area contributed by atoms with Crippen molar-refractivity contribution in [2.45, 2.75) is 52.9 Å². The van der Waals surface area contributed by atoms with Gasteiger partial charge in [0.2, 0.25) is 0 Å². The van der Waals surface area contributed by atoms with Crippen LogP contribution in [-0.4, -0.2) is 49.9 Å². The fraction of sp³-hybridized carbons (Fsp3) is 0.500. The van der Waals surface area contributed by atoms with Crippen molar-refractivity contribution in [2.24, 2.45) is 0 Å². The molecule has 7 nitrogen and oxygen atoms in total. The van der Waals surface area contributed by atoms with Gasteiger partial charge in [-0.05, 0) is 39.4 Å². The zero-order valence-corrected chi connectivity index (χ0v) is 16.5. The van der Waals surface area contributed by atoms with E-state index >= 15 is 0 Å². The molecule has 0 fully saturated rings. The quantitative estimate of drug-likeness (QED) is 0.802. The molecule has 0 N–H and O–H groups in total. The minimum atomic E-state index is -0.0737. The van der Waals surface area contributed by atoms with E-state index in [1.165, 1.54) is 0 Å². The van der Waals surface area contributed by atoms with Crippen LogP contribution in [0.15, 0.2) is 29.2 Å². The predicted molar refractivity (Wildman–Crippen MR) is 103 cm³/mol. The Morgan fingerprint density at radius 3 is 2.67 bits per heavy atom. The molecule has 0 unspecified atom stereocenters. The number of hydrogen-bond acceptors (Lipinski definition) is 5. The minimum absolute atomic E-state index is 0.0479. The summed E-state index contributed by atoms with van der Waals surface area (Å²) in [6.07, 6.45) is 2.47. The van der Waals surface area contributed by atoms with E-state index in [9.17, 15) is 9.59 Å². The molecule has 0 radical (unpaired) electrons. The maximum Gasteiger partial charge on any atom is 0.255 e. The summed E-state index contributed by atoms with van der Waals surface area (Å²) in [5.74, 6) is 0.572. The summed E-state index contributed by atoms with van der Waals surface area (Å²) >= 11 is 0. The first-order valence-corrected chi connectivity index (χ1v) is 9.43. The number of fused-ring (bicyclic) bond motifs is 1. The molecular weight excluding hydrogens is 342 g/mol. The van der Waals surface area contributed by atoms with E-state index in [1.807, 2.05) is 26.1 Å². The molecule has 0 bridgehead atoms. The Kier molecular flexibility index (Phi) is 5.70. The van der Waals surface area contributed by atoms with Crippen LogP contribution >= 0.6 is 0 Å². The van der Waals surface area contributed by atoms with Crippen molar-refractivity contribution in [3.05, 3.63) is 57.5 Å². The summed E-state index contributed by atoms with van der Waals surface area (Å²) < 4.78 is 1.67. The number of aromatic nitrogens is 3. The normalized spacial score (nSPS) is 13.9. The van der Waals surface area contributed by atoms with E-state index in [2.05, 4.69) is 28.7 Å². The topological polar surface area (TPSA) is 71.3 Å². The fourth-order valence-electron chi connectivity index (χ4n) is 3.07. The van der Waals surface area contributed by atoms with Crippen molar-refractivity contribution in [3.8, 4) is 0 Å². The van der Waals surface area contributed by atoms with Crippen LogP contribution in [-0.2, 0) is 26.1 Å². The molecule has 0 saturated heterocycles. The lowest BCUT2D eigenvalue weighted by molar-refractivity contribution is 0.0702. The van der Waals surface area contributed by atoms with Gasteiger partial charge in [-0.3, -0.25) is 24.0 Å². The highest BCUT2D eigenvalue weighted by Gasteiger charge is 2.24.